The molecule has 6 rings (SSSR count). The zero-order valence-corrected chi connectivity index (χ0v) is 35.0. The van der Waals surface area contributed by atoms with Gasteiger partial charge in [-0.2, -0.15) is 0 Å². The molecular weight excluding hydrogens is 928 g/mol. The van der Waals surface area contributed by atoms with Crippen molar-refractivity contribution in [1.82, 2.24) is 0 Å². The highest BCUT2D eigenvalue weighted by Crippen LogP contribution is 2.34. The molecule has 67 heavy (non-hydrogen) atoms. The third kappa shape index (κ3) is 11.7. The first-order valence-corrected chi connectivity index (χ1v) is 21.1. The van der Waals surface area contributed by atoms with Gasteiger partial charge < -0.3 is 154 Å². The summed E-state index contributed by atoms with van der Waals surface area (Å²) in [6.07, 6.45) is -56.2. The third-order valence-corrected chi connectivity index (χ3v) is 12.4. The van der Waals surface area contributed by atoms with Gasteiger partial charge in [0.2, 0.25) is 0 Å². The van der Waals surface area contributed by atoms with Crippen molar-refractivity contribution < 1.29 is 154 Å². The first kappa shape index (κ1) is 55.1. The van der Waals surface area contributed by atoms with Gasteiger partial charge in [0.1, 0.15) is 146 Å². The van der Waals surface area contributed by atoms with Gasteiger partial charge >= 0.3 is 0 Å². The smallest absolute Gasteiger partial charge is 0.187 e. The summed E-state index contributed by atoms with van der Waals surface area (Å²) in [7, 11) is 0. The summed E-state index contributed by atoms with van der Waals surface area (Å²) in [4.78, 5) is 0. The van der Waals surface area contributed by atoms with Gasteiger partial charge in [-0.25, -0.2) is 0 Å². The second-order valence-corrected chi connectivity index (χ2v) is 16.9. The minimum absolute atomic E-state index is 0.816. The van der Waals surface area contributed by atoms with Gasteiger partial charge in [-0.15, -0.1) is 0 Å². The van der Waals surface area contributed by atoms with E-state index in [2.05, 4.69) is 0 Å². The molecule has 0 spiro atoms. The van der Waals surface area contributed by atoms with Crippen LogP contribution in [-0.2, 0) is 52.1 Å². The molecule has 30 atom stereocenters. The lowest BCUT2D eigenvalue weighted by atomic mass is 9.96. The van der Waals surface area contributed by atoms with Crippen molar-refractivity contribution in [2.75, 3.05) is 39.6 Å². The highest BCUT2D eigenvalue weighted by molar-refractivity contribution is 4.98. The van der Waals surface area contributed by atoms with Crippen LogP contribution >= 0.6 is 0 Å². The van der Waals surface area contributed by atoms with Crippen LogP contribution in [-0.4, -0.2) is 326 Å². The van der Waals surface area contributed by atoms with Gasteiger partial charge in [-0.3, -0.25) is 0 Å². The Balaban J connectivity index is 1.13. The van der Waals surface area contributed by atoms with Crippen LogP contribution in [0.25, 0.3) is 0 Å². The van der Waals surface area contributed by atoms with Crippen molar-refractivity contribution >= 4 is 0 Å². The van der Waals surface area contributed by atoms with Crippen LogP contribution in [0.5, 0.6) is 0 Å². The van der Waals surface area contributed by atoms with Crippen LogP contribution in [0.4, 0.5) is 0 Å². The molecule has 0 saturated carbocycles. The molecule has 0 radical (unpaired) electrons. The Hall–Kier alpha value is -1.24. The van der Waals surface area contributed by atoms with Crippen molar-refractivity contribution in [2.45, 2.75) is 184 Å². The normalized spacial score (nSPS) is 53.4. The molecule has 0 aromatic rings. The van der Waals surface area contributed by atoms with E-state index < -0.39 is 224 Å². The van der Waals surface area contributed by atoms with Crippen LogP contribution in [0.1, 0.15) is 0 Å². The van der Waals surface area contributed by atoms with Crippen molar-refractivity contribution in [3.8, 4) is 0 Å². The van der Waals surface area contributed by atoms with E-state index in [1.807, 2.05) is 0 Å². The van der Waals surface area contributed by atoms with E-state index in [1.165, 1.54) is 0 Å². The van der Waals surface area contributed by atoms with Gasteiger partial charge in [-0.05, 0) is 0 Å². The number of aliphatic hydroxyl groups is 20. The Kier molecular flexibility index (Phi) is 19.4. The van der Waals surface area contributed by atoms with E-state index in [4.69, 9.17) is 52.1 Å². The SMILES string of the molecule is OC[C@H]1O[C@@H](OC[C@H]2O[C@@H](OC[C@H]3O[C@@H](OC[C@H]4O[C@H](O)[C@H](O)[C@@H](O[C@@H]5O[C@H](CO)[C@@H](O)[C@H](O)[C@H]5O)[C@@H]4O)[C@H](O)[C@@H](O)[C@@H]3O)[C@H](O)[C@@H](O[C@@H]3O[C@H](CO)[C@@H](O)[C@H](O)[C@H]3O)[C@@H]2O)[C@H](O)[C@@H](O)[C@H]1O. The fourth-order valence-corrected chi connectivity index (χ4v) is 8.19. The minimum atomic E-state index is -2.11. The summed E-state index contributed by atoms with van der Waals surface area (Å²) in [6.45, 7) is -5.10. The topological polar surface area (TPSA) is 506 Å². The second-order valence-electron chi connectivity index (χ2n) is 16.9. The Morgan fingerprint density at radius 1 is 0.254 bits per heavy atom. The van der Waals surface area contributed by atoms with E-state index in [0.29, 0.717) is 0 Å². The molecule has 0 aliphatic carbocycles. The summed E-state index contributed by atoms with van der Waals surface area (Å²) in [5.41, 5.74) is 0. The molecular formula is C36H62O31. The van der Waals surface area contributed by atoms with E-state index in [1.54, 1.807) is 0 Å². The number of rotatable bonds is 16. The van der Waals surface area contributed by atoms with Crippen molar-refractivity contribution in [2.24, 2.45) is 0 Å². The summed E-state index contributed by atoms with van der Waals surface area (Å²) in [6, 6.07) is 0. The molecule has 6 fully saturated rings. The molecule has 31 heteroatoms. The Morgan fingerprint density at radius 3 is 0.896 bits per heavy atom. The fraction of sp³-hybridized carbons (Fsp3) is 1.00. The summed E-state index contributed by atoms with van der Waals surface area (Å²) < 4.78 is 60.3. The Bertz CT molecular complexity index is 1500. The molecule has 31 nitrogen and oxygen atoms in total. The molecule has 6 heterocycles. The summed E-state index contributed by atoms with van der Waals surface area (Å²) in [5, 5.41) is 208. The number of hydrogen-bond donors (Lipinski definition) is 20. The Labute approximate surface area is 378 Å². The number of aliphatic hydroxyl groups excluding tert-OH is 20. The predicted molar refractivity (Wildman–Crippen MR) is 199 cm³/mol. The maximum atomic E-state index is 11.4. The van der Waals surface area contributed by atoms with Crippen LogP contribution in [0, 0.1) is 0 Å². The van der Waals surface area contributed by atoms with E-state index in [9.17, 15) is 102 Å². The summed E-state index contributed by atoms with van der Waals surface area (Å²) in [5.74, 6) is 0. The Morgan fingerprint density at radius 2 is 0.522 bits per heavy atom. The zero-order valence-electron chi connectivity index (χ0n) is 35.0. The molecule has 6 aliphatic rings. The highest BCUT2D eigenvalue weighted by Gasteiger charge is 2.55. The predicted octanol–water partition coefficient (Wildman–Crippen LogP) is -14.1. The number of hydrogen-bond acceptors (Lipinski definition) is 31. The third-order valence-electron chi connectivity index (χ3n) is 12.4. The van der Waals surface area contributed by atoms with Crippen molar-refractivity contribution in [3.63, 3.8) is 0 Å². The minimum Gasteiger partial charge on any atom is -0.394 e. The largest absolute Gasteiger partial charge is 0.394 e. The summed E-state index contributed by atoms with van der Waals surface area (Å²) >= 11 is 0. The molecule has 6 saturated heterocycles. The first-order chi connectivity index (χ1) is 31.6. The van der Waals surface area contributed by atoms with Gasteiger partial charge in [0.25, 0.3) is 0 Å². The lowest BCUT2D eigenvalue weighted by molar-refractivity contribution is -0.372. The lowest BCUT2D eigenvalue weighted by Gasteiger charge is -2.47. The molecule has 6 aliphatic heterocycles. The molecule has 20 N–H and O–H groups in total. The van der Waals surface area contributed by atoms with E-state index in [0.717, 1.165) is 0 Å². The van der Waals surface area contributed by atoms with Crippen molar-refractivity contribution in [3.05, 3.63) is 0 Å². The standard InChI is InChI=1S/C36H62O31/c37-1-7-13(40)19(46)23(50)32(61-7)58-6-12-18(45)30(67-36-26(53)21(48)15(42)9(3-39)63-36)28(55)34(65-12)59-4-10-16(43)22(49)24(51)33(64-10)57-5-11-17(44)29(27(54)31(56)60-11)66-35-25(52)20(47)14(41)8(2-38)62-35/h7-56H,1-6H2/t7-,8-,9-,10-,11-,12-,13+,14-,15-,16-,17-,18-,19+,20+,21+,22+,23-,24-,25-,26-,27-,28-,29+,30+,31+,32-,33-,34-,35+,36+/m1/s1. The van der Waals surface area contributed by atoms with Gasteiger partial charge in [0.15, 0.2) is 37.7 Å². The lowest BCUT2D eigenvalue weighted by Crippen LogP contribution is -2.66. The highest BCUT2D eigenvalue weighted by atomic mass is 16.8. The molecule has 0 unspecified atom stereocenters. The first-order valence-electron chi connectivity index (χ1n) is 21.1. The maximum Gasteiger partial charge on any atom is 0.187 e. The molecule has 0 aromatic carbocycles. The van der Waals surface area contributed by atoms with Crippen LogP contribution in [0.2, 0.25) is 0 Å². The van der Waals surface area contributed by atoms with E-state index >= 15 is 0 Å². The number of ether oxygens (including phenoxy) is 11. The molecule has 0 bridgehead atoms. The maximum absolute atomic E-state index is 11.4. The van der Waals surface area contributed by atoms with Crippen LogP contribution < -0.4 is 0 Å². The quantitative estimate of drug-likeness (QED) is 0.0683. The fourth-order valence-electron chi connectivity index (χ4n) is 8.19. The zero-order chi connectivity index (χ0) is 49.3. The molecule has 392 valence electrons. The average molecular weight is 991 g/mol. The second kappa shape index (κ2) is 23.5. The average Bonchev–Trinajstić information content (AvgIpc) is 3.31. The van der Waals surface area contributed by atoms with Gasteiger partial charge in [0.05, 0.1) is 39.6 Å². The van der Waals surface area contributed by atoms with Gasteiger partial charge in [-0.1, -0.05) is 0 Å². The van der Waals surface area contributed by atoms with E-state index in [-0.39, 0.29) is 0 Å². The monoisotopic (exact) mass is 990 g/mol. The molecule has 0 aromatic heterocycles. The van der Waals surface area contributed by atoms with Crippen molar-refractivity contribution in [1.29, 1.82) is 0 Å². The molecule has 0 amide bonds. The van der Waals surface area contributed by atoms with Crippen LogP contribution in [0.3, 0.4) is 0 Å². The van der Waals surface area contributed by atoms with Gasteiger partial charge in [0, 0.05) is 0 Å². The van der Waals surface area contributed by atoms with Crippen LogP contribution in [0.15, 0.2) is 0 Å².